The molecule has 3 N–H and O–H groups in total. The minimum atomic E-state index is -0.637. The molecule has 26 heavy (non-hydrogen) atoms. The van der Waals surface area contributed by atoms with Crippen molar-refractivity contribution < 1.29 is 4.39 Å². The molecule has 0 aliphatic heterocycles. The highest BCUT2D eigenvalue weighted by Crippen LogP contribution is 2.18. The molecular formula is C18H17ClFN5O. The molecule has 3 aromatic rings. The highest BCUT2D eigenvalue weighted by atomic mass is 35.5. The number of halogens is 2. The van der Waals surface area contributed by atoms with Crippen molar-refractivity contribution in [2.24, 2.45) is 5.73 Å². The van der Waals surface area contributed by atoms with Gasteiger partial charge in [-0.3, -0.25) is 10.2 Å². The molecule has 0 spiro atoms. The number of nitrogens with two attached hydrogens (primary N) is 1. The number of hydrogen-bond acceptors (Lipinski definition) is 5. The summed E-state index contributed by atoms with van der Waals surface area (Å²) in [5.74, 6) is -0.322. The smallest absolute Gasteiger partial charge is 0.283 e. The molecule has 1 atom stereocenters. The maximum atomic E-state index is 14.1. The monoisotopic (exact) mass is 373 g/mol. The van der Waals surface area contributed by atoms with Crippen molar-refractivity contribution in [1.82, 2.24) is 9.66 Å². The van der Waals surface area contributed by atoms with Crippen molar-refractivity contribution in [3.8, 4) is 6.07 Å². The van der Waals surface area contributed by atoms with Crippen LogP contribution in [-0.2, 0) is 0 Å². The zero-order valence-corrected chi connectivity index (χ0v) is 14.8. The van der Waals surface area contributed by atoms with Crippen LogP contribution >= 0.6 is 12.4 Å². The zero-order chi connectivity index (χ0) is 18.0. The van der Waals surface area contributed by atoms with Gasteiger partial charge in [-0.25, -0.2) is 14.1 Å². The van der Waals surface area contributed by atoms with Gasteiger partial charge in [0.25, 0.3) is 5.56 Å². The molecule has 0 aliphatic carbocycles. The molecule has 0 aliphatic rings. The summed E-state index contributed by atoms with van der Waals surface area (Å²) in [6, 6.07) is 12.4. The van der Waals surface area contributed by atoms with Crippen molar-refractivity contribution in [3.63, 3.8) is 0 Å². The molecular weight excluding hydrogens is 357 g/mol. The van der Waals surface area contributed by atoms with E-state index in [-0.39, 0.29) is 23.3 Å². The van der Waals surface area contributed by atoms with Crippen molar-refractivity contribution >= 4 is 29.0 Å². The number of nitrogens with zero attached hydrogens (tertiary/aromatic N) is 3. The van der Waals surface area contributed by atoms with Crippen LogP contribution in [0, 0.1) is 17.1 Å². The van der Waals surface area contributed by atoms with Gasteiger partial charge in [-0.2, -0.15) is 5.26 Å². The number of fused-ring (bicyclic) bond motifs is 1. The topological polar surface area (TPSA) is 96.7 Å². The van der Waals surface area contributed by atoms with Gasteiger partial charge in [-0.1, -0.05) is 13.0 Å². The summed E-state index contributed by atoms with van der Waals surface area (Å²) in [6.07, 6.45) is 0.558. The number of nitrogens with one attached hydrogen (secondary N) is 1. The van der Waals surface area contributed by atoms with Crippen LogP contribution in [0.15, 0.2) is 47.3 Å². The number of anilines is 1. The highest BCUT2D eigenvalue weighted by molar-refractivity contribution is 5.85. The summed E-state index contributed by atoms with van der Waals surface area (Å²) < 4.78 is 15.3. The van der Waals surface area contributed by atoms with Gasteiger partial charge in [0, 0.05) is 0 Å². The van der Waals surface area contributed by atoms with E-state index >= 15 is 0 Å². The minimum absolute atomic E-state index is 0. The van der Waals surface area contributed by atoms with Crippen LogP contribution in [-0.4, -0.2) is 9.66 Å². The minimum Gasteiger partial charge on any atom is -0.321 e. The predicted molar refractivity (Wildman–Crippen MR) is 101 cm³/mol. The summed E-state index contributed by atoms with van der Waals surface area (Å²) in [4.78, 5) is 17.2. The largest absolute Gasteiger partial charge is 0.321 e. The van der Waals surface area contributed by atoms with Crippen molar-refractivity contribution in [2.45, 2.75) is 19.4 Å². The molecule has 6 nitrogen and oxygen atoms in total. The van der Waals surface area contributed by atoms with Crippen LogP contribution in [0.25, 0.3) is 10.9 Å². The fourth-order valence-corrected chi connectivity index (χ4v) is 2.49. The van der Waals surface area contributed by atoms with Crippen molar-refractivity contribution in [2.75, 3.05) is 5.43 Å². The molecule has 0 bridgehead atoms. The van der Waals surface area contributed by atoms with E-state index in [4.69, 9.17) is 11.0 Å². The third-order valence-electron chi connectivity index (χ3n) is 3.90. The fraction of sp³-hybridized carbons (Fsp3) is 0.167. The summed E-state index contributed by atoms with van der Waals surface area (Å²) in [5, 5.41) is 8.77. The van der Waals surface area contributed by atoms with Crippen LogP contribution in [0.1, 0.15) is 30.8 Å². The number of aromatic nitrogens is 2. The van der Waals surface area contributed by atoms with Gasteiger partial charge in [0.15, 0.2) is 0 Å². The molecule has 0 saturated carbocycles. The van der Waals surface area contributed by atoms with Gasteiger partial charge < -0.3 is 5.73 Å². The van der Waals surface area contributed by atoms with Gasteiger partial charge in [0.1, 0.15) is 17.0 Å². The molecule has 0 fully saturated rings. The van der Waals surface area contributed by atoms with Crippen LogP contribution in [0.2, 0.25) is 0 Å². The third kappa shape index (κ3) is 3.52. The summed E-state index contributed by atoms with van der Waals surface area (Å²) >= 11 is 0. The Balaban J connectivity index is 0.00000243. The van der Waals surface area contributed by atoms with E-state index in [2.05, 4.69) is 10.4 Å². The molecule has 3 rings (SSSR count). The highest BCUT2D eigenvalue weighted by Gasteiger charge is 2.18. The van der Waals surface area contributed by atoms with Gasteiger partial charge in [-0.05, 0) is 42.8 Å². The lowest BCUT2D eigenvalue weighted by Crippen LogP contribution is -2.34. The average Bonchev–Trinajstić information content (AvgIpc) is 2.63. The Hall–Kier alpha value is -2.95. The molecule has 1 heterocycles. The van der Waals surface area contributed by atoms with Gasteiger partial charge in [0.05, 0.1) is 28.9 Å². The van der Waals surface area contributed by atoms with Crippen molar-refractivity contribution in [1.29, 1.82) is 5.26 Å². The summed E-state index contributed by atoms with van der Waals surface area (Å²) in [6.45, 7) is 1.87. The van der Waals surface area contributed by atoms with Crippen LogP contribution in [0.5, 0.6) is 0 Å². The first-order valence-corrected chi connectivity index (χ1v) is 7.79. The lowest BCUT2D eigenvalue weighted by Gasteiger charge is -2.18. The lowest BCUT2D eigenvalue weighted by molar-refractivity contribution is 0.601. The fourth-order valence-electron chi connectivity index (χ4n) is 2.49. The second-order valence-electron chi connectivity index (χ2n) is 5.56. The van der Waals surface area contributed by atoms with E-state index in [1.165, 1.54) is 16.8 Å². The molecule has 0 radical (unpaired) electrons. The average molecular weight is 374 g/mol. The Kier molecular flexibility index (Phi) is 5.93. The Labute approximate surface area is 155 Å². The third-order valence-corrected chi connectivity index (χ3v) is 3.90. The Morgan fingerprint density at radius 2 is 2.00 bits per heavy atom. The second-order valence-corrected chi connectivity index (χ2v) is 5.56. The zero-order valence-electron chi connectivity index (χ0n) is 13.9. The van der Waals surface area contributed by atoms with E-state index in [1.54, 1.807) is 30.3 Å². The maximum Gasteiger partial charge on any atom is 0.283 e. The quantitative estimate of drug-likeness (QED) is 0.732. The van der Waals surface area contributed by atoms with Crippen LogP contribution < -0.4 is 16.7 Å². The molecule has 8 heteroatoms. The van der Waals surface area contributed by atoms with Crippen LogP contribution in [0.3, 0.4) is 0 Å². The van der Waals surface area contributed by atoms with Crippen molar-refractivity contribution in [3.05, 3.63) is 70.0 Å². The molecule has 134 valence electrons. The predicted octanol–water partition coefficient (Wildman–Crippen LogP) is 3.11. The summed E-state index contributed by atoms with van der Waals surface area (Å²) in [5.41, 5.74) is 9.76. The standard InChI is InChI=1S/C18H16FN5O.ClH/c1-2-14(21)17-22-15-5-3-4-13(19)16(15)18(25)24(17)23-12-8-6-11(10-20)7-9-12;/h3-9,14,23H,2,21H2,1H3;1H/t14-;/m0./s1. The molecule has 2 aromatic carbocycles. The second kappa shape index (κ2) is 7.95. The number of rotatable bonds is 4. The first-order valence-electron chi connectivity index (χ1n) is 7.79. The van der Waals surface area contributed by atoms with E-state index < -0.39 is 17.4 Å². The summed E-state index contributed by atoms with van der Waals surface area (Å²) in [7, 11) is 0. The van der Waals surface area contributed by atoms with Gasteiger partial charge >= 0.3 is 0 Å². The molecule has 0 saturated heterocycles. The Bertz CT molecular complexity index is 1030. The van der Waals surface area contributed by atoms with Gasteiger partial charge in [-0.15, -0.1) is 12.4 Å². The Morgan fingerprint density at radius 1 is 1.31 bits per heavy atom. The lowest BCUT2D eigenvalue weighted by atomic mass is 10.2. The molecule has 0 amide bonds. The Morgan fingerprint density at radius 3 is 2.62 bits per heavy atom. The van der Waals surface area contributed by atoms with E-state index in [0.717, 1.165) is 0 Å². The van der Waals surface area contributed by atoms with E-state index in [1.807, 2.05) is 13.0 Å². The number of benzene rings is 2. The van der Waals surface area contributed by atoms with E-state index in [0.29, 0.717) is 23.5 Å². The molecule has 1 aromatic heterocycles. The first kappa shape index (κ1) is 19.4. The van der Waals surface area contributed by atoms with E-state index in [9.17, 15) is 9.18 Å². The normalized spacial score (nSPS) is 11.5. The first-order chi connectivity index (χ1) is 12.0. The van der Waals surface area contributed by atoms with Crippen LogP contribution in [0.4, 0.5) is 10.1 Å². The maximum absolute atomic E-state index is 14.1. The number of hydrogen-bond donors (Lipinski definition) is 2. The molecule has 0 unspecified atom stereocenters. The SMILES string of the molecule is CC[C@H](N)c1nc2cccc(F)c2c(=O)n1Nc1ccc(C#N)cc1.Cl. The number of nitriles is 1. The van der Waals surface area contributed by atoms with Gasteiger partial charge in [0.2, 0.25) is 0 Å².